The molecule has 1 amide bonds. The minimum atomic E-state index is -0.634. The van der Waals surface area contributed by atoms with Gasteiger partial charge in [0.2, 0.25) is 5.91 Å². The van der Waals surface area contributed by atoms with Gasteiger partial charge >= 0.3 is 0 Å². The Balaban J connectivity index is 0.00000280. The highest BCUT2D eigenvalue weighted by Crippen LogP contribution is 2.19. The van der Waals surface area contributed by atoms with Crippen LogP contribution in [0.4, 0.5) is 0 Å². The van der Waals surface area contributed by atoms with Crippen LogP contribution in [0.25, 0.3) is 11.3 Å². The number of halogens is 1. The quantitative estimate of drug-likeness (QED) is 0.647. The molecule has 0 saturated heterocycles. The van der Waals surface area contributed by atoms with Gasteiger partial charge in [-0.2, -0.15) is 0 Å². The molecule has 2 aromatic carbocycles. The monoisotopic (exact) mass is 399 g/mol. The van der Waals surface area contributed by atoms with Crippen LogP contribution in [0, 0.1) is 6.92 Å². The summed E-state index contributed by atoms with van der Waals surface area (Å²) in [6.07, 6.45) is 1.50. The summed E-state index contributed by atoms with van der Waals surface area (Å²) in [7, 11) is 1.78. The Kier molecular flexibility index (Phi) is 7.79. The van der Waals surface area contributed by atoms with Crippen LogP contribution >= 0.6 is 12.4 Å². The number of aryl methyl sites for hydroxylation is 2. The van der Waals surface area contributed by atoms with Crippen LogP contribution in [0.1, 0.15) is 29.3 Å². The van der Waals surface area contributed by atoms with E-state index >= 15 is 0 Å². The largest absolute Gasteiger partial charge is 0.361 e. The van der Waals surface area contributed by atoms with Crippen molar-refractivity contribution in [2.75, 3.05) is 13.6 Å². The lowest BCUT2D eigenvalue weighted by Crippen LogP contribution is -2.36. The van der Waals surface area contributed by atoms with E-state index in [2.05, 4.69) is 5.16 Å². The number of amides is 1. The maximum atomic E-state index is 12.5. The number of nitrogens with zero attached hydrogens (tertiary/aromatic N) is 2. The van der Waals surface area contributed by atoms with Gasteiger partial charge in [0.25, 0.3) is 0 Å². The third-order valence-corrected chi connectivity index (χ3v) is 4.62. The van der Waals surface area contributed by atoms with Crippen molar-refractivity contribution in [3.05, 3.63) is 77.6 Å². The minimum Gasteiger partial charge on any atom is -0.361 e. The zero-order valence-electron chi connectivity index (χ0n) is 16.2. The summed E-state index contributed by atoms with van der Waals surface area (Å²) in [4.78, 5) is 14.2. The van der Waals surface area contributed by atoms with E-state index in [-0.39, 0.29) is 18.3 Å². The molecule has 1 atom stereocenters. The van der Waals surface area contributed by atoms with Crippen LogP contribution < -0.4 is 5.73 Å². The third-order valence-electron chi connectivity index (χ3n) is 4.62. The van der Waals surface area contributed by atoms with Crippen LogP contribution in [0.2, 0.25) is 0 Å². The van der Waals surface area contributed by atoms with E-state index < -0.39 is 6.04 Å². The van der Waals surface area contributed by atoms with Gasteiger partial charge in [0.15, 0.2) is 0 Å². The fourth-order valence-corrected chi connectivity index (χ4v) is 2.93. The lowest BCUT2D eigenvalue weighted by molar-refractivity contribution is -0.131. The van der Waals surface area contributed by atoms with Crippen molar-refractivity contribution in [1.82, 2.24) is 10.1 Å². The highest BCUT2D eigenvalue weighted by Gasteiger charge is 2.19. The maximum absolute atomic E-state index is 12.5. The summed E-state index contributed by atoms with van der Waals surface area (Å²) < 4.78 is 5.41. The van der Waals surface area contributed by atoms with Crippen LogP contribution in [0.5, 0.6) is 0 Å². The van der Waals surface area contributed by atoms with Crippen molar-refractivity contribution >= 4 is 18.3 Å². The van der Waals surface area contributed by atoms with Gasteiger partial charge < -0.3 is 15.2 Å². The predicted octanol–water partition coefficient (Wildman–Crippen LogP) is 4.16. The summed E-state index contributed by atoms with van der Waals surface area (Å²) >= 11 is 0. The molecule has 0 aliphatic rings. The van der Waals surface area contributed by atoms with Gasteiger partial charge in [-0.25, -0.2) is 0 Å². The average molecular weight is 400 g/mol. The molecule has 6 heteroatoms. The van der Waals surface area contributed by atoms with Gasteiger partial charge in [0, 0.05) is 31.6 Å². The van der Waals surface area contributed by atoms with Crippen molar-refractivity contribution in [3.63, 3.8) is 0 Å². The number of hydrogen-bond donors (Lipinski definition) is 1. The molecule has 1 heterocycles. The summed E-state index contributed by atoms with van der Waals surface area (Å²) in [6, 6.07) is 19.0. The molecular formula is C22H26ClN3O2. The summed E-state index contributed by atoms with van der Waals surface area (Å²) in [5.74, 6) is 0.735. The second-order valence-electron chi connectivity index (χ2n) is 6.80. The van der Waals surface area contributed by atoms with E-state index in [9.17, 15) is 4.79 Å². The van der Waals surface area contributed by atoms with Gasteiger partial charge in [-0.1, -0.05) is 65.3 Å². The third kappa shape index (κ3) is 5.44. The Morgan fingerprint density at radius 2 is 1.82 bits per heavy atom. The molecule has 3 rings (SSSR count). The Labute approximate surface area is 171 Å². The Bertz CT molecular complexity index is 878. The molecular weight excluding hydrogens is 374 g/mol. The van der Waals surface area contributed by atoms with Crippen molar-refractivity contribution in [2.45, 2.75) is 25.8 Å². The number of aromatic nitrogens is 1. The van der Waals surface area contributed by atoms with Crippen LogP contribution in [0.3, 0.4) is 0 Å². The molecule has 3 aromatic rings. The highest BCUT2D eigenvalue weighted by atomic mass is 35.5. The Morgan fingerprint density at radius 1 is 1.14 bits per heavy atom. The maximum Gasteiger partial charge on any atom is 0.243 e. The number of nitrogens with two attached hydrogens (primary N) is 1. The van der Waals surface area contributed by atoms with E-state index in [1.54, 1.807) is 11.9 Å². The topological polar surface area (TPSA) is 72.4 Å². The van der Waals surface area contributed by atoms with Crippen molar-refractivity contribution in [1.29, 1.82) is 0 Å². The summed E-state index contributed by atoms with van der Waals surface area (Å²) in [6.45, 7) is 2.62. The van der Waals surface area contributed by atoms with Gasteiger partial charge in [0.05, 0.1) is 0 Å². The fraction of sp³-hybridized carbons (Fsp3) is 0.273. The Morgan fingerprint density at radius 3 is 2.50 bits per heavy atom. The lowest BCUT2D eigenvalue weighted by Gasteiger charge is -2.21. The van der Waals surface area contributed by atoms with Crippen LogP contribution in [0.15, 0.2) is 65.2 Å². The number of carbonyl (C=O) groups excluding carboxylic acids is 1. The Hall–Kier alpha value is -2.63. The smallest absolute Gasteiger partial charge is 0.243 e. The van der Waals surface area contributed by atoms with Crippen molar-refractivity contribution < 1.29 is 9.32 Å². The molecule has 0 aliphatic heterocycles. The van der Waals surface area contributed by atoms with Crippen LogP contribution in [-0.4, -0.2) is 29.6 Å². The average Bonchev–Trinajstić information content (AvgIpc) is 3.17. The van der Waals surface area contributed by atoms with E-state index in [1.807, 2.05) is 67.6 Å². The highest BCUT2D eigenvalue weighted by molar-refractivity contribution is 5.85. The second kappa shape index (κ2) is 10.1. The number of rotatable bonds is 7. The summed E-state index contributed by atoms with van der Waals surface area (Å²) in [5.41, 5.74) is 9.96. The molecule has 0 radical (unpaired) electrons. The van der Waals surface area contributed by atoms with E-state index in [1.165, 1.54) is 0 Å². The molecule has 0 bridgehead atoms. The molecule has 1 unspecified atom stereocenters. The molecule has 5 nitrogen and oxygen atoms in total. The molecule has 0 saturated carbocycles. The molecule has 148 valence electrons. The molecule has 0 spiro atoms. The minimum absolute atomic E-state index is 0. The van der Waals surface area contributed by atoms with E-state index in [0.29, 0.717) is 6.54 Å². The number of hydrogen-bond acceptors (Lipinski definition) is 4. The first kappa shape index (κ1) is 21.7. The predicted molar refractivity (Wildman–Crippen MR) is 113 cm³/mol. The standard InChI is InChI=1S/C22H25N3O2.ClH/c1-16-10-12-18(13-11-16)21(23)22(26)25(2)14-6-9-19-15-20(24-27-19)17-7-4-3-5-8-17;/h3-5,7-8,10-13,15,21H,6,9,14,23H2,1-2H3;1H. The lowest BCUT2D eigenvalue weighted by atomic mass is 10.0. The van der Waals surface area contributed by atoms with Gasteiger partial charge in [-0.05, 0) is 18.9 Å². The number of carbonyl (C=O) groups is 1. The number of likely N-dealkylation sites (N-methyl/N-ethyl adjacent to an activating group) is 1. The van der Waals surface area contributed by atoms with Crippen LogP contribution in [-0.2, 0) is 11.2 Å². The molecule has 0 aliphatic carbocycles. The second-order valence-corrected chi connectivity index (χ2v) is 6.80. The van der Waals surface area contributed by atoms with Gasteiger partial charge in [0.1, 0.15) is 17.5 Å². The normalized spacial score (nSPS) is 11.5. The number of benzene rings is 2. The zero-order valence-corrected chi connectivity index (χ0v) is 17.0. The van der Waals surface area contributed by atoms with E-state index in [0.717, 1.165) is 41.0 Å². The van der Waals surface area contributed by atoms with Gasteiger partial charge in [-0.3, -0.25) is 4.79 Å². The SMILES string of the molecule is Cc1ccc(C(N)C(=O)N(C)CCCc2cc(-c3ccccc3)no2)cc1.Cl. The summed E-state index contributed by atoms with van der Waals surface area (Å²) in [5, 5.41) is 4.12. The van der Waals surface area contributed by atoms with E-state index in [4.69, 9.17) is 10.3 Å². The van der Waals surface area contributed by atoms with Crippen molar-refractivity contribution in [3.8, 4) is 11.3 Å². The first-order valence-corrected chi connectivity index (χ1v) is 9.13. The molecule has 2 N–H and O–H groups in total. The molecule has 1 aromatic heterocycles. The van der Waals surface area contributed by atoms with Crippen molar-refractivity contribution in [2.24, 2.45) is 5.73 Å². The first-order valence-electron chi connectivity index (χ1n) is 9.13. The molecule has 0 fully saturated rings. The zero-order chi connectivity index (χ0) is 19.2. The van der Waals surface area contributed by atoms with Gasteiger partial charge in [-0.15, -0.1) is 12.4 Å². The fourth-order valence-electron chi connectivity index (χ4n) is 2.93. The molecule has 28 heavy (non-hydrogen) atoms. The first-order chi connectivity index (χ1) is 13.0.